The zero-order valence-corrected chi connectivity index (χ0v) is 13.6. The number of anilines is 1. The third kappa shape index (κ3) is 3.95. The minimum absolute atomic E-state index is 0.394. The average Bonchev–Trinajstić information content (AvgIpc) is 2.86. The van der Waals surface area contributed by atoms with Crippen molar-refractivity contribution < 1.29 is 0 Å². The molecule has 1 aromatic rings. The van der Waals surface area contributed by atoms with Crippen LogP contribution in [0.25, 0.3) is 0 Å². The van der Waals surface area contributed by atoms with Crippen molar-refractivity contribution in [2.45, 2.75) is 53.6 Å². The number of pyridine rings is 1. The molecule has 1 aromatic heterocycles. The molecule has 1 saturated heterocycles. The summed E-state index contributed by atoms with van der Waals surface area (Å²) in [5.41, 5.74) is 1.53. The molecular weight excluding hydrogens is 246 g/mol. The monoisotopic (exact) mass is 275 g/mol. The van der Waals surface area contributed by atoms with E-state index in [2.05, 4.69) is 63.0 Å². The van der Waals surface area contributed by atoms with Gasteiger partial charge in [-0.1, -0.05) is 40.7 Å². The zero-order chi connectivity index (χ0) is 14.8. The van der Waals surface area contributed by atoms with Crippen molar-refractivity contribution in [3.05, 3.63) is 23.9 Å². The Morgan fingerprint density at radius 3 is 2.70 bits per heavy atom. The van der Waals surface area contributed by atoms with E-state index in [4.69, 9.17) is 4.98 Å². The van der Waals surface area contributed by atoms with Gasteiger partial charge in [0.2, 0.25) is 0 Å². The Labute approximate surface area is 123 Å². The molecule has 1 N–H and O–H groups in total. The van der Waals surface area contributed by atoms with E-state index in [-0.39, 0.29) is 0 Å². The van der Waals surface area contributed by atoms with Crippen molar-refractivity contribution in [2.75, 3.05) is 18.0 Å². The van der Waals surface area contributed by atoms with E-state index >= 15 is 0 Å². The van der Waals surface area contributed by atoms with Gasteiger partial charge in [-0.05, 0) is 29.9 Å². The van der Waals surface area contributed by atoms with Gasteiger partial charge in [-0.3, -0.25) is 0 Å². The van der Waals surface area contributed by atoms with E-state index in [0.29, 0.717) is 11.5 Å². The molecule has 20 heavy (non-hydrogen) atoms. The van der Waals surface area contributed by atoms with Gasteiger partial charge in [-0.25, -0.2) is 4.98 Å². The quantitative estimate of drug-likeness (QED) is 0.912. The molecule has 1 atom stereocenters. The Morgan fingerprint density at radius 1 is 1.35 bits per heavy atom. The molecule has 1 aliphatic heterocycles. The van der Waals surface area contributed by atoms with Crippen LogP contribution in [0.4, 0.5) is 5.82 Å². The van der Waals surface area contributed by atoms with Gasteiger partial charge in [0.1, 0.15) is 5.82 Å². The second-order valence-corrected chi connectivity index (χ2v) is 7.32. The molecule has 1 unspecified atom stereocenters. The largest absolute Gasteiger partial charge is 0.356 e. The van der Waals surface area contributed by atoms with Crippen molar-refractivity contribution >= 4 is 5.82 Å². The summed E-state index contributed by atoms with van der Waals surface area (Å²) in [6.07, 6.45) is 1.28. The fraction of sp³-hybridized carbons (Fsp3) is 0.706. The van der Waals surface area contributed by atoms with Gasteiger partial charge in [0.15, 0.2) is 0 Å². The number of rotatable bonds is 4. The van der Waals surface area contributed by atoms with Gasteiger partial charge in [0.05, 0.1) is 5.69 Å². The molecule has 0 spiro atoms. The minimum Gasteiger partial charge on any atom is -0.356 e. The topological polar surface area (TPSA) is 28.2 Å². The summed E-state index contributed by atoms with van der Waals surface area (Å²) >= 11 is 0. The van der Waals surface area contributed by atoms with Crippen molar-refractivity contribution in [1.29, 1.82) is 0 Å². The van der Waals surface area contributed by atoms with Crippen molar-refractivity contribution in [3.8, 4) is 0 Å². The molecule has 0 radical (unpaired) electrons. The molecular formula is C17H29N3. The Hall–Kier alpha value is -1.09. The van der Waals surface area contributed by atoms with Gasteiger partial charge in [0.25, 0.3) is 0 Å². The smallest absolute Gasteiger partial charge is 0.128 e. The molecule has 0 bridgehead atoms. The van der Waals surface area contributed by atoms with Crippen LogP contribution in [0.2, 0.25) is 0 Å². The van der Waals surface area contributed by atoms with Gasteiger partial charge in [-0.15, -0.1) is 0 Å². The molecule has 3 nitrogen and oxygen atoms in total. The molecule has 1 fully saturated rings. The summed E-state index contributed by atoms with van der Waals surface area (Å²) in [6.45, 7) is 14.5. The Bertz CT molecular complexity index is 434. The van der Waals surface area contributed by atoms with Crippen molar-refractivity contribution in [3.63, 3.8) is 0 Å². The number of aromatic nitrogens is 1. The van der Waals surface area contributed by atoms with E-state index in [1.165, 1.54) is 6.42 Å². The highest BCUT2D eigenvalue weighted by atomic mass is 15.2. The second-order valence-electron chi connectivity index (χ2n) is 7.32. The molecule has 112 valence electrons. The number of hydrogen-bond donors (Lipinski definition) is 1. The fourth-order valence-corrected chi connectivity index (χ4v) is 2.73. The predicted molar refractivity (Wildman–Crippen MR) is 86.0 cm³/mol. The Kier molecular flexibility index (Phi) is 4.69. The molecule has 3 heteroatoms. The number of nitrogens with one attached hydrogen (secondary N) is 1. The van der Waals surface area contributed by atoms with Gasteiger partial charge >= 0.3 is 0 Å². The number of nitrogens with zero attached hydrogens (tertiary/aromatic N) is 2. The Morgan fingerprint density at radius 2 is 2.10 bits per heavy atom. The van der Waals surface area contributed by atoms with Crippen LogP contribution in [-0.2, 0) is 6.54 Å². The molecule has 0 aromatic carbocycles. The van der Waals surface area contributed by atoms with Crippen LogP contribution in [0.3, 0.4) is 0 Å². The maximum absolute atomic E-state index is 4.81. The molecule has 0 saturated carbocycles. The average molecular weight is 275 g/mol. The molecule has 2 rings (SSSR count). The Balaban J connectivity index is 2.01. The molecule has 2 heterocycles. The van der Waals surface area contributed by atoms with Crippen molar-refractivity contribution in [2.24, 2.45) is 11.3 Å². The van der Waals surface area contributed by atoms with Gasteiger partial charge < -0.3 is 10.2 Å². The first-order chi connectivity index (χ1) is 9.36. The highest BCUT2D eigenvalue weighted by Crippen LogP contribution is 2.35. The predicted octanol–water partition coefficient (Wildman–Crippen LogP) is 3.45. The van der Waals surface area contributed by atoms with Crippen LogP contribution in [0, 0.1) is 11.3 Å². The lowest BCUT2D eigenvalue weighted by Crippen LogP contribution is -2.27. The van der Waals surface area contributed by atoms with Gasteiger partial charge in [-0.2, -0.15) is 0 Å². The summed E-state index contributed by atoms with van der Waals surface area (Å²) in [4.78, 5) is 7.25. The normalized spacial score (nSPS) is 19.9. The first kappa shape index (κ1) is 15.3. The lowest BCUT2D eigenvalue weighted by Gasteiger charge is -2.27. The fourth-order valence-electron chi connectivity index (χ4n) is 2.73. The third-order valence-electron chi connectivity index (χ3n) is 4.22. The maximum Gasteiger partial charge on any atom is 0.128 e. The van der Waals surface area contributed by atoms with Crippen molar-refractivity contribution in [1.82, 2.24) is 10.3 Å². The zero-order valence-electron chi connectivity index (χ0n) is 13.6. The second kappa shape index (κ2) is 6.13. The lowest BCUT2D eigenvalue weighted by atomic mass is 9.80. The van der Waals surface area contributed by atoms with E-state index in [1.54, 1.807) is 0 Å². The van der Waals surface area contributed by atoms with E-state index < -0.39 is 0 Å². The van der Waals surface area contributed by atoms with Crippen LogP contribution in [0.5, 0.6) is 0 Å². The van der Waals surface area contributed by atoms with E-state index in [9.17, 15) is 0 Å². The first-order valence-corrected chi connectivity index (χ1v) is 7.80. The first-order valence-electron chi connectivity index (χ1n) is 7.80. The third-order valence-corrected chi connectivity index (χ3v) is 4.22. The van der Waals surface area contributed by atoms with Crippen LogP contribution in [0.1, 0.15) is 46.7 Å². The van der Waals surface area contributed by atoms with E-state index in [1.807, 2.05) is 0 Å². The summed E-state index contributed by atoms with van der Waals surface area (Å²) in [5, 5.41) is 3.43. The molecule has 0 amide bonds. The minimum atomic E-state index is 0.394. The van der Waals surface area contributed by atoms with Gasteiger partial charge in [0, 0.05) is 25.7 Å². The molecule has 1 aliphatic rings. The SMILES string of the molecule is CC(C)NCc1cccc(N2CCC(C(C)(C)C)C2)n1. The van der Waals surface area contributed by atoms with Crippen LogP contribution in [-0.4, -0.2) is 24.1 Å². The van der Waals surface area contributed by atoms with Crippen LogP contribution in [0.15, 0.2) is 18.2 Å². The highest BCUT2D eigenvalue weighted by Gasteiger charge is 2.32. The lowest BCUT2D eigenvalue weighted by molar-refractivity contribution is 0.263. The van der Waals surface area contributed by atoms with E-state index in [0.717, 1.165) is 37.1 Å². The van der Waals surface area contributed by atoms with Crippen LogP contribution < -0.4 is 10.2 Å². The molecule has 0 aliphatic carbocycles. The maximum atomic E-state index is 4.81. The summed E-state index contributed by atoms with van der Waals surface area (Å²) < 4.78 is 0. The van der Waals surface area contributed by atoms with Crippen LogP contribution >= 0.6 is 0 Å². The highest BCUT2D eigenvalue weighted by molar-refractivity contribution is 5.40. The summed E-state index contributed by atoms with van der Waals surface area (Å²) in [6, 6.07) is 6.88. The summed E-state index contributed by atoms with van der Waals surface area (Å²) in [5.74, 6) is 1.90. The number of hydrogen-bond acceptors (Lipinski definition) is 3. The standard InChI is InChI=1S/C17H29N3/c1-13(2)18-11-15-7-6-8-16(19-15)20-10-9-14(12-20)17(3,4)5/h6-8,13-14,18H,9-12H2,1-5H3. The summed E-state index contributed by atoms with van der Waals surface area (Å²) in [7, 11) is 0.